The predicted octanol–water partition coefficient (Wildman–Crippen LogP) is 3.19. The average Bonchev–Trinajstić information content (AvgIpc) is 2.86. The molecule has 0 aromatic carbocycles. The second kappa shape index (κ2) is 4.75. The Balaban J connectivity index is 1.61. The number of nitrogens with zero attached hydrogens (tertiary/aromatic N) is 2. The standard InChI is InChI=1S/C14H24N2/c1-14(2,11-15)7-3-4-8-16-10-12-5-6-13(16)9-12/h12-13H,3-10H2,1-2H3. The average molecular weight is 220 g/mol. The number of fused-ring (bicyclic) bond motifs is 2. The number of nitriles is 1. The second-order valence-electron chi connectivity index (χ2n) is 6.28. The Morgan fingerprint density at radius 1 is 1.31 bits per heavy atom. The van der Waals surface area contributed by atoms with Crippen molar-refractivity contribution in [1.29, 1.82) is 5.26 Å². The molecule has 0 amide bonds. The molecular weight excluding hydrogens is 196 g/mol. The van der Waals surface area contributed by atoms with E-state index in [1.165, 1.54) is 45.2 Å². The van der Waals surface area contributed by atoms with Gasteiger partial charge in [-0.05, 0) is 58.4 Å². The molecule has 2 heteroatoms. The van der Waals surface area contributed by atoms with Gasteiger partial charge in [0.05, 0.1) is 11.5 Å². The van der Waals surface area contributed by atoms with Crippen molar-refractivity contribution in [3.05, 3.63) is 0 Å². The van der Waals surface area contributed by atoms with E-state index < -0.39 is 0 Å². The fraction of sp³-hybridized carbons (Fsp3) is 0.929. The molecule has 0 aromatic heterocycles. The van der Waals surface area contributed by atoms with E-state index in [2.05, 4.69) is 11.0 Å². The van der Waals surface area contributed by atoms with Crippen LogP contribution in [0, 0.1) is 22.7 Å². The third kappa shape index (κ3) is 2.77. The molecule has 1 aliphatic heterocycles. The van der Waals surface area contributed by atoms with Crippen LogP contribution in [-0.2, 0) is 0 Å². The molecular formula is C14H24N2. The third-order valence-electron chi connectivity index (χ3n) is 4.32. The highest BCUT2D eigenvalue weighted by atomic mass is 15.2. The zero-order valence-electron chi connectivity index (χ0n) is 10.7. The van der Waals surface area contributed by atoms with Crippen LogP contribution in [0.1, 0.15) is 52.4 Å². The number of rotatable bonds is 5. The van der Waals surface area contributed by atoms with Crippen molar-refractivity contribution >= 4 is 0 Å². The molecule has 2 fully saturated rings. The zero-order valence-corrected chi connectivity index (χ0v) is 10.7. The molecule has 0 N–H and O–H groups in total. The molecule has 2 atom stereocenters. The first-order valence-electron chi connectivity index (χ1n) is 6.76. The summed E-state index contributed by atoms with van der Waals surface area (Å²) < 4.78 is 0. The van der Waals surface area contributed by atoms with Crippen LogP contribution in [0.25, 0.3) is 0 Å². The first kappa shape index (κ1) is 11.9. The lowest BCUT2D eigenvalue weighted by atomic mass is 9.89. The van der Waals surface area contributed by atoms with Gasteiger partial charge in [0.2, 0.25) is 0 Å². The number of hydrogen-bond acceptors (Lipinski definition) is 2. The van der Waals surface area contributed by atoms with Crippen molar-refractivity contribution < 1.29 is 0 Å². The summed E-state index contributed by atoms with van der Waals surface area (Å²) in [5.74, 6) is 1.01. The summed E-state index contributed by atoms with van der Waals surface area (Å²) in [4.78, 5) is 2.69. The van der Waals surface area contributed by atoms with Crippen LogP contribution in [0.15, 0.2) is 0 Å². The van der Waals surface area contributed by atoms with Crippen LogP contribution >= 0.6 is 0 Å². The molecule has 0 radical (unpaired) electrons. The van der Waals surface area contributed by atoms with Crippen LogP contribution in [0.4, 0.5) is 0 Å². The van der Waals surface area contributed by atoms with E-state index in [9.17, 15) is 0 Å². The third-order valence-corrected chi connectivity index (χ3v) is 4.32. The van der Waals surface area contributed by atoms with Crippen LogP contribution in [0.5, 0.6) is 0 Å². The summed E-state index contributed by atoms with van der Waals surface area (Å²) in [6.45, 7) is 6.71. The molecule has 16 heavy (non-hydrogen) atoms. The van der Waals surface area contributed by atoms with Gasteiger partial charge in [-0.1, -0.05) is 6.42 Å². The van der Waals surface area contributed by atoms with Crippen molar-refractivity contribution in [3.63, 3.8) is 0 Å². The molecule has 90 valence electrons. The van der Waals surface area contributed by atoms with Crippen LogP contribution < -0.4 is 0 Å². The van der Waals surface area contributed by atoms with Gasteiger partial charge >= 0.3 is 0 Å². The Labute approximate surface area is 99.6 Å². The lowest BCUT2D eigenvalue weighted by Crippen LogP contribution is -2.32. The SMILES string of the molecule is CC(C)(C#N)CCCCN1CC2CCC1C2. The highest BCUT2D eigenvalue weighted by Crippen LogP contribution is 2.37. The fourth-order valence-corrected chi connectivity index (χ4v) is 3.24. The van der Waals surface area contributed by atoms with Crippen molar-refractivity contribution in [2.45, 2.75) is 58.4 Å². The Kier molecular flexibility index (Phi) is 3.54. The summed E-state index contributed by atoms with van der Waals surface area (Å²) in [6, 6.07) is 3.29. The number of hydrogen-bond donors (Lipinski definition) is 0. The van der Waals surface area contributed by atoms with Gasteiger partial charge in [-0.3, -0.25) is 0 Å². The first-order chi connectivity index (χ1) is 7.61. The quantitative estimate of drug-likeness (QED) is 0.665. The molecule has 2 nitrogen and oxygen atoms in total. The summed E-state index contributed by atoms with van der Waals surface area (Å²) in [5, 5.41) is 8.93. The van der Waals surface area contributed by atoms with Gasteiger partial charge in [-0.15, -0.1) is 0 Å². The fourth-order valence-electron chi connectivity index (χ4n) is 3.24. The molecule has 0 spiro atoms. The van der Waals surface area contributed by atoms with E-state index in [0.717, 1.165) is 18.4 Å². The second-order valence-corrected chi connectivity index (χ2v) is 6.28. The van der Waals surface area contributed by atoms with E-state index in [1.807, 2.05) is 13.8 Å². The van der Waals surface area contributed by atoms with E-state index >= 15 is 0 Å². The van der Waals surface area contributed by atoms with Crippen LogP contribution in [0.2, 0.25) is 0 Å². The summed E-state index contributed by atoms with van der Waals surface area (Å²) >= 11 is 0. The smallest absolute Gasteiger partial charge is 0.0683 e. The summed E-state index contributed by atoms with van der Waals surface area (Å²) in [6.07, 6.45) is 7.90. The van der Waals surface area contributed by atoms with Gasteiger partial charge in [0.1, 0.15) is 0 Å². The maximum Gasteiger partial charge on any atom is 0.0683 e. The van der Waals surface area contributed by atoms with Crippen molar-refractivity contribution in [1.82, 2.24) is 4.90 Å². The monoisotopic (exact) mass is 220 g/mol. The molecule has 1 saturated heterocycles. The van der Waals surface area contributed by atoms with Crippen molar-refractivity contribution in [2.24, 2.45) is 11.3 Å². The predicted molar refractivity (Wildman–Crippen MR) is 65.9 cm³/mol. The molecule has 2 bridgehead atoms. The minimum atomic E-state index is -0.121. The molecule has 2 rings (SSSR count). The van der Waals surface area contributed by atoms with Gasteiger partial charge in [0.15, 0.2) is 0 Å². The zero-order chi connectivity index (χ0) is 11.6. The number of piperidine rings is 1. The van der Waals surface area contributed by atoms with Gasteiger partial charge in [0, 0.05) is 12.6 Å². The summed E-state index contributed by atoms with van der Waals surface area (Å²) in [5.41, 5.74) is -0.121. The van der Waals surface area contributed by atoms with Gasteiger partial charge in [0.25, 0.3) is 0 Å². The normalized spacial score (nSPS) is 29.6. The lowest BCUT2D eigenvalue weighted by molar-refractivity contribution is 0.207. The van der Waals surface area contributed by atoms with Crippen molar-refractivity contribution in [2.75, 3.05) is 13.1 Å². The molecule has 1 heterocycles. The van der Waals surface area contributed by atoms with Gasteiger partial charge in [-0.2, -0.15) is 5.26 Å². The van der Waals surface area contributed by atoms with E-state index in [0.29, 0.717) is 0 Å². The molecule has 1 saturated carbocycles. The molecule has 1 aliphatic carbocycles. The highest BCUT2D eigenvalue weighted by Gasteiger charge is 2.36. The van der Waals surface area contributed by atoms with E-state index in [4.69, 9.17) is 5.26 Å². The Morgan fingerprint density at radius 2 is 2.12 bits per heavy atom. The molecule has 0 aromatic rings. The first-order valence-corrected chi connectivity index (χ1v) is 6.76. The molecule has 2 unspecified atom stereocenters. The van der Waals surface area contributed by atoms with Crippen LogP contribution in [-0.4, -0.2) is 24.0 Å². The van der Waals surface area contributed by atoms with E-state index in [-0.39, 0.29) is 5.41 Å². The van der Waals surface area contributed by atoms with E-state index in [1.54, 1.807) is 0 Å². The Hall–Kier alpha value is -0.550. The topological polar surface area (TPSA) is 27.0 Å². The number of unbranched alkanes of at least 4 members (excludes halogenated alkanes) is 1. The maximum atomic E-state index is 8.93. The Bertz CT molecular complexity index is 277. The minimum Gasteiger partial charge on any atom is -0.300 e. The Morgan fingerprint density at radius 3 is 2.69 bits per heavy atom. The largest absolute Gasteiger partial charge is 0.300 e. The maximum absolute atomic E-state index is 8.93. The molecule has 2 aliphatic rings. The summed E-state index contributed by atoms with van der Waals surface area (Å²) in [7, 11) is 0. The lowest BCUT2D eigenvalue weighted by Gasteiger charge is -2.27. The van der Waals surface area contributed by atoms with Crippen molar-refractivity contribution in [3.8, 4) is 6.07 Å². The van der Waals surface area contributed by atoms with Gasteiger partial charge in [-0.25, -0.2) is 0 Å². The number of likely N-dealkylation sites (tertiary alicyclic amines) is 1. The van der Waals surface area contributed by atoms with Crippen LogP contribution in [0.3, 0.4) is 0 Å². The highest BCUT2D eigenvalue weighted by molar-refractivity contribution is 4.93. The minimum absolute atomic E-state index is 0.121. The van der Waals surface area contributed by atoms with Gasteiger partial charge < -0.3 is 4.90 Å².